The lowest BCUT2D eigenvalue weighted by atomic mass is 10.0. The van der Waals surface area contributed by atoms with E-state index in [0.29, 0.717) is 11.3 Å². The Kier molecular flexibility index (Phi) is 8.66. The quantitative estimate of drug-likeness (QED) is 0.207. The van der Waals surface area contributed by atoms with E-state index in [4.69, 9.17) is 25.8 Å². The number of sulfonamides is 1. The Bertz CT molecular complexity index is 1690. The molecule has 0 saturated carbocycles. The van der Waals surface area contributed by atoms with Crippen molar-refractivity contribution in [3.05, 3.63) is 83.4 Å². The Hall–Kier alpha value is -4.48. The molecule has 40 heavy (non-hydrogen) atoms. The molecule has 0 saturated heterocycles. The van der Waals surface area contributed by atoms with Crippen LogP contribution >= 0.6 is 11.6 Å². The third kappa shape index (κ3) is 5.90. The van der Waals surface area contributed by atoms with Crippen LogP contribution in [0.2, 0.25) is 5.02 Å². The molecule has 4 aromatic carbocycles. The first-order valence-electron chi connectivity index (χ1n) is 11.8. The van der Waals surface area contributed by atoms with E-state index < -0.39 is 22.5 Å². The maximum Gasteiger partial charge on any atom is 0.265 e. The summed E-state index contributed by atoms with van der Waals surface area (Å²) in [6.07, 6.45) is 1.29. The molecule has 208 valence electrons. The average Bonchev–Trinajstić information content (AvgIpc) is 2.96. The van der Waals surface area contributed by atoms with E-state index >= 15 is 0 Å². The number of hydrogen-bond donors (Lipinski definition) is 2. The van der Waals surface area contributed by atoms with E-state index in [-0.39, 0.29) is 32.9 Å². The first-order valence-corrected chi connectivity index (χ1v) is 13.6. The molecule has 0 radical (unpaired) electrons. The third-order valence-corrected chi connectivity index (χ3v) is 7.96. The summed E-state index contributed by atoms with van der Waals surface area (Å²) in [6, 6.07) is 19.1. The first kappa shape index (κ1) is 28.5. The number of rotatable bonds is 10. The van der Waals surface area contributed by atoms with Crippen LogP contribution in [0.1, 0.15) is 5.56 Å². The van der Waals surface area contributed by atoms with Gasteiger partial charge >= 0.3 is 0 Å². The second-order valence-corrected chi connectivity index (χ2v) is 10.7. The summed E-state index contributed by atoms with van der Waals surface area (Å²) in [6.45, 7) is -0.674. The van der Waals surface area contributed by atoms with E-state index in [1.165, 1.54) is 70.0 Å². The van der Waals surface area contributed by atoms with Crippen molar-refractivity contribution in [1.82, 2.24) is 5.43 Å². The zero-order valence-corrected chi connectivity index (χ0v) is 23.4. The third-order valence-electron chi connectivity index (χ3n) is 5.97. The predicted molar refractivity (Wildman–Crippen MR) is 153 cm³/mol. The van der Waals surface area contributed by atoms with Gasteiger partial charge in [0.1, 0.15) is 18.0 Å². The fraction of sp³-hybridized carbons (Fsp3) is 0.143. The molecule has 0 bridgehead atoms. The van der Waals surface area contributed by atoms with Gasteiger partial charge in [-0.1, -0.05) is 41.9 Å². The molecule has 2 N–H and O–H groups in total. The van der Waals surface area contributed by atoms with Gasteiger partial charge in [0.25, 0.3) is 15.9 Å². The van der Waals surface area contributed by atoms with Gasteiger partial charge in [0.15, 0.2) is 11.5 Å². The highest BCUT2D eigenvalue weighted by atomic mass is 35.5. The number of aromatic hydroxyl groups is 1. The molecule has 0 aliphatic rings. The molecule has 0 atom stereocenters. The van der Waals surface area contributed by atoms with Gasteiger partial charge in [-0.15, -0.1) is 0 Å². The van der Waals surface area contributed by atoms with Crippen LogP contribution in [0, 0.1) is 0 Å². The van der Waals surface area contributed by atoms with Crippen molar-refractivity contribution < 1.29 is 32.5 Å². The Labute approximate surface area is 236 Å². The maximum absolute atomic E-state index is 13.9. The number of benzene rings is 4. The SMILES string of the molecule is COc1ccc(S(=O)(=O)N(CC(=O)N/N=C\c2c(O)ccc3ccccc23)c2cc(Cl)ccc2OC)cc1OC. The molecule has 0 heterocycles. The van der Waals surface area contributed by atoms with Gasteiger partial charge in [-0.25, -0.2) is 13.8 Å². The number of nitrogens with one attached hydrogen (secondary N) is 1. The lowest BCUT2D eigenvalue weighted by molar-refractivity contribution is -0.119. The number of hydrazone groups is 1. The van der Waals surface area contributed by atoms with Gasteiger partial charge in [0.2, 0.25) is 0 Å². The number of methoxy groups -OCH3 is 3. The number of hydrogen-bond acceptors (Lipinski definition) is 8. The van der Waals surface area contributed by atoms with E-state index in [1.807, 2.05) is 18.2 Å². The fourth-order valence-corrected chi connectivity index (χ4v) is 5.62. The fourth-order valence-electron chi connectivity index (χ4n) is 4.02. The number of fused-ring (bicyclic) bond motifs is 1. The summed E-state index contributed by atoms with van der Waals surface area (Å²) in [4.78, 5) is 12.9. The summed E-state index contributed by atoms with van der Waals surface area (Å²) in [7, 11) is -0.184. The summed E-state index contributed by atoms with van der Waals surface area (Å²) in [5.74, 6) is -0.104. The van der Waals surface area contributed by atoms with Crippen molar-refractivity contribution in [2.24, 2.45) is 5.10 Å². The van der Waals surface area contributed by atoms with Crippen molar-refractivity contribution in [3.63, 3.8) is 0 Å². The molecule has 4 rings (SSSR count). The second kappa shape index (κ2) is 12.1. The molecule has 0 unspecified atom stereocenters. The highest BCUT2D eigenvalue weighted by Gasteiger charge is 2.30. The smallest absolute Gasteiger partial charge is 0.265 e. The molecule has 0 spiro atoms. The van der Waals surface area contributed by atoms with Gasteiger partial charge in [-0.05, 0) is 47.2 Å². The minimum Gasteiger partial charge on any atom is -0.507 e. The minimum absolute atomic E-state index is 0.0296. The van der Waals surface area contributed by atoms with Gasteiger partial charge in [-0.3, -0.25) is 9.10 Å². The van der Waals surface area contributed by atoms with Gasteiger partial charge in [-0.2, -0.15) is 5.10 Å². The van der Waals surface area contributed by atoms with E-state index in [1.54, 1.807) is 12.1 Å². The summed E-state index contributed by atoms with van der Waals surface area (Å²) in [5.41, 5.74) is 2.77. The topological polar surface area (TPSA) is 127 Å². The molecule has 0 aliphatic carbocycles. The maximum atomic E-state index is 13.9. The molecular weight excluding hydrogens is 558 g/mol. The summed E-state index contributed by atoms with van der Waals surface area (Å²) < 4.78 is 44.5. The van der Waals surface area contributed by atoms with E-state index in [2.05, 4.69) is 10.5 Å². The van der Waals surface area contributed by atoms with Crippen molar-refractivity contribution in [2.75, 3.05) is 32.2 Å². The van der Waals surface area contributed by atoms with E-state index in [9.17, 15) is 18.3 Å². The van der Waals surface area contributed by atoms with Crippen LogP contribution in [-0.4, -0.2) is 53.5 Å². The van der Waals surface area contributed by atoms with Gasteiger partial charge < -0.3 is 19.3 Å². The molecule has 4 aromatic rings. The van der Waals surface area contributed by atoms with Crippen molar-refractivity contribution in [1.29, 1.82) is 0 Å². The second-order valence-electron chi connectivity index (χ2n) is 8.36. The van der Waals surface area contributed by atoms with Crippen molar-refractivity contribution in [2.45, 2.75) is 4.90 Å². The summed E-state index contributed by atoms with van der Waals surface area (Å²) >= 11 is 6.19. The molecule has 0 aromatic heterocycles. The number of ether oxygens (including phenoxy) is 3. The lowest BCUT2D eigenvalue weighted by Crippen LogP contribution is -2.39. The Morgan fingerprint density at radius 2 is 1.65 bits per heavy atom. The normalized spacial score (nSPS) is 11.4. The van der Waals surface area contributed by atoms with Gasteiger partial charge in [0, 0.05) is 16.7 Å². The van der Waals surface area contributed by atoms with E-state index in [0.717, 1.165) is 15.1 Å². The van der Waals surface area contributed by atoms with Crippen LogP contribution in [0.15, 0.2) is 82.8 Å². The lowest BCUT2D eigenvalue weighted by Gasteiger charge is -2.25. The molecule has 0 fully saturated rings. The monoisotopic (exact) mass is 583 g/mol. The zero-order chi connectivity index (χ0) is 28.9. The van der Waals surface area contributed by atoms with Crippen LogP contribution in [-0.2, 0) is 14.8 Å². The molecular formula is C28H26ClN3O7S. The van der Waals surface area contributed by atoms with Crippen molar-refractivity contribution in [3.8, 4) is 23.0 Å². The predicted octanol–water partition coefficient (Wildman–Crippen LogP) is 4.57. The molecule has 10 nitrogen and oxygen atoms in total. The summed E-state index contributed by atoms with van der Waals surface area (Å²) in [5, 5.41) is 16.1. The standard InChI is InChI=1S/C28H26ClN3O7S/c1-37-25-12-9-19(29)14-23(25)32(40(35,36)20-10-13-26(38-2)27(15-20)39-3)17-28(34)31-30-16-22-21-7-5-4-6-18(21)8-11-24(22)33/h4-16,33H,17H2,1-3H3,(H,31,34)/b30-16-. The van der Waals surface area contributed by atoms with Crippen molar-refractivity contribution >= 4 is 50.2 Å². The van der Waals surface area contributed by atoms with Crippen LogP contribution in [0.3, 0.4) is 0 Å². The Balaban J connectivity index is 1.69. The molecule has 0 aliphatic heterocycles. The number of halogens is 1. The number of phenolic OH excluding ortho intramolecular Hbond substituents is 1. The number of amides is 1. The number of carbonyl (C=O) groups excluding carboxylic acids is 1. The molecule has 1 amide bonds. The number of phenols is 1. The van der Waals surface area contributed by atoms with Crippen LogP contribution in [0.5, 0.6) is 23.0 Å². The highest BCUT2D eigenvalue weighted by Crippen LogP contribution is 2.37. The number of carbonyl (C=O) groups is 1. The van der Waals surface area contributed by atoms with Crippen LogP contribution < -0.4 is 23.9 Å². The average molecular weight is 584 g/mol. The van der Waals surface area contributed by atoms with Crippen LogP contribution in [0.4, 0.5) is 5.69 Å². The highest BCUT2D eigenvalue weighted by molar-refractivity contribution is 7.92. The number of anilines is 1. The first-order chi connectivity index (χ1) is 19.2. The van der Waals surface area contributed by atoms with Gasteiger partial charge in [0.05, 0.1) is 38.1 Å². The Morgan fingerprint density at radius 3 is 2.38 bits per heavy atom. The van der Waals surface area contributed by atoms with Crippen LogP contribution in [0.25, 0.3) is 10.8 Å². The Morgan fingerprint density at radius 1 is 0.950 bits per heavy atom. The largest absolute Gasteiger partial charge is 0.507 e. The minimum atomic E-state index is -4.36. The number of nitrogens with zero attached hydrogens (tertiary/aromatic N) is 2. The molecule has 12 heteroatoms. The zero-order valence-electron chi connectivity index (χ0n) is 21.8.